The van der Waals surface area contributed by atoms with Crippen LogP contribution in [0, 0.1) is 5.21 Å². The molecule has 0 bridgehead atoms. The highest BCUT2D eigenvalue weighted by atomic mass is 32.2. The molecule has 0 aromatic carbocycles. The van der Waals surface area contributed by atoms with Crippen molar-refractivity contribution in [2.24, 2.45) is 0 Å². The molecule has 2 heterocycles. The average Bonchev–Trinajstić information content (AvgIpc) is 3.07. The fourth-order valence-corrected chi connectivity index (χ4v) is 4.48. The summed E-state index contributed by atoms with van der Waals surface area (Å²) >= 11 is 1.81. The normalized spacial score (nSPS) is 28.6. The predicted molar refractivity (Wildman–Crippen MR) is 84.6 cm³/mol. The molecule has 0 saturated carbocycles. The minimum Gasteiger partial charge on any atom is -0.625 e. The number of carbonyl (C=O) groups is 3. The summed E-state index contributed by atoms with van der Waals surface area (Å²) < 4.78 is 0. The lowest BCUT2D eigenvalue weighted by Gasteiger charge is -2.24. The summed E-state index contributed by atoms with van der Waals surface area (Å²) in [5.41, 5.74) is 0. The topological polar surface area (TPSA) is 123 Å². The van der Waals surface area contributed by atoms with Crippen LogP contribution in [0.4, 0.5) is 4.79 Å². The second-order valence-corrected chi connectivity index (χ2v) is 7.19. The molecule has 0 aromatic rings. The van der Waals surface area contributed by atoms with Crippen LogP contribution in [0.5, 0.6) is 0 Å². The van der Waals surface area contributed by atoms with Gasteiger partial charge in [0.2, 0.25) is 0 Å². The lowest BCUT2D eigenvalue weighted by atomic mass is 10.0. The zero-order valence-electron chi connectivity index (χ0n) is 12.8. The van der Waals surface area contributed by atoms with E-state index in [2.05, 4.69) is 10.6 Å². The van der Waals surface area contributed by atoms with E-state index in [9.17, 15) is 24.7 Å². The number of fused-ring (bicyclic) bond motifs is 1. The number of urea groups is 1. The third-order valence-corrected chi connectivity index (χ3v) is 5.72. The maximum atomic E-state index is 11.7. The highest BCUT2D eigenvalue weighted by Gasteiger charge is 2.42. The van der Waals surface area contributed by atoms with Gasteiger partial charge in [0, 0.05) is 23.8 Å². The third kappa shape index (κ3) is 4.90. The molecule has 2 saturated heterocycles. The molecule has 2 aliphatic rings. The molecular formula is C14H23N3O5S. The molecule has 2 unspecified atom stereocenters. The van der Waals surface area contributed by atoms with Crippen LogP contribution in [0.3, 0.4) is 0 Å². The zero-order valence-corrected chi connectivity index (χ0v) is 13.6. The summed E-state index contributed by atoms with van der Waals surface area (Å²) in [6, 6.07) is 0.221. The van der Waals surface area contributed by atoms with Gasteiger partial charge in [0.15, 0.2) is 6.23 Å². The van der Waals surface area contributed by atoms with E-state index in [4.69, 9.17) is 0 Å². The molecule has 5 atom stereocenters. The molecule has 23 heavy (non-hydrogen) atoms. The van der Waals surface area contributed by atoms with E-state index < -0.39 is 17.2 Å². The molecule has 0 spiro atoms. The van der Waals surface area contributed by atoms with Crippen LogP contribution in [0.25, 0.3) is 0 Å². The number of rotatable bonds is 9. The number of hydrogen-bond donors (Lipinski definition) is 4. The number of quaternary nitrogens is 1. The van der Waals surface area contributed by atoms with Crippen molar-refractivity contribution in [2.45, 2.75) is 62.1 Å². The lowest BCUT2D eigenvalue weighted by Crippen LogP contribution is -3.14. The van der Waals surface area contributed by atoms with Crippen LogP contribution in [-0.2, 0) is 9.59 Å². The number of amides is 3. The minimum atomic E-state index is -1.36. The van der Waals surface area contributed by atoms with Crippen molar-refractivity contribution in [1.29, 1.82) is 0 Å². The third-order valence-electron chi connectivity index (χ3n) is 4.22. The van der Waals surface area contributed by atoms with Gasteiger partial charge in [-0.15, -0.1) is 0 Å². The molecular weight excluding hydrogens is 322 g/mol. The number of carbonyl (C=O) groups excluding carboxylic acids is 3. The Morgan fingerprint density at radius 1 is 1.48 bits per heavy atom. The summed E-state index contributed by atoms with van der Waals surface area (Å²) in [5.74, 6) is 0.324. The van der Waals surface area contributed by atoms with E-state index in [1.807, 2.05) is 11.8 Å². The van der Waals surface area contributed by atoms with E-state index >= 15 is 0 Å². The Hall–Kier alpha value is -1.16. The number of nitrogens with one attached hydrogen (secondary N) is 3. The molecule has 0 aliphatic carbocycles. The Bertz CT molecular complexity index is 450. The standard InChI is InChI=1S/C14H23N3O5S/c18-7-3-6-12(20)17(22)11(19)5-2-1-4-10-13-9(8-23-10)15-14(21)16-13/h7,9-10,12-13,17,20H,1-6,8H2,(H2,15,16,21)/t9-,10-,12?,13-/m0/s1. The number of aldehydes is 1. The van der Waals surface area contributed by atoms with Crippen LogP contribution in [0.2, 0.25) is 0 Å². The number of unbranched alkanes of at least 4 members (excludes halogenated alkanes) is 1. The van der Waals surface area contributed by atoms with Gasteiger partial charge in [-0.05, 0) is 12.8 Å². The van der Waals surface area contributed by atoms with Gasteiger partial charge in [-0.3, -0.25) is 5.06 Å². The Morgan fingerprint density at radius 2 is 2.26 bits per heavy atom. The Kier molecular flexibility index (Phi) is 6.82. The van der Waals surface area contributed by atoms with Crippen molar-refractivity contribution in [3.8, 4) is 0 Å². The van der Waals surface area contributed by atoms with Crippen LogP contribution in [0.1, 0.15) is 38.5 Å². The Morgan fingerprint density at radius 3 is 3.00 bits per heavy atom. The largest absolute Gasteiger partial charge is 0.625 e. The first-order chi connectivity index (χ1) is 11.0. The first kappa shape index (κ1) is 18.2. The van der Waals surface area contributed by atoms with Crippen molar-refractivity contribution in [2.75, 3.05) is 5.75 Å². The van der Waals surface area contributed by atoms with Gasteiger partial charge in [0.25, 0.3) is 0 Å². The van der Waals surface area contributed by atoms with Gasteiger partial charge in [-0.2, -0.15) is 11.8 Å². The predicted octanol–water partition coefficient (Wildman–Crippen LogP) is -1.08. The monoisotopic (exact) mass is 345 g/mol. The van der Waals surface area contributed by atoms with E-state index in [1.165, 1.54) is 0 Å². The number of aliphatic hydroxyl groups excluding tert-OH is 1. The molecule has 130 valence electrons. The van der Waals surface area contributed by atoms with Crippen LogP contribution in [0.15, 0.2) is 0 Å². The van der Waals surface area contributed by atoms with Crippen molar-refractivity contribution in [3.63, 3.8) is 0 Å². The van der Waals surface area contributed by atoms with Gasteiger partial charge in [-0.1, -0.05) is 6.42 Å². The summed E-state index contributed by atoms with van der Waals surface area (Å²) in [4.78, 5) is 33.2. The van der Waals surface area contributed by atoms with E-state index in [1.54, 1.807) is 0 Å². The summed E-state index contributed by atoms with van der Waals surface area (Å²) in [6.07, 6.45) is 1.70. The summed E-state index contributed by atoms with van der Waals surface area (Å²) in [5, 5.41) is 26.4. The molecule has 4 N–H and O–H groups in total. The van der Waals surface area contributed by atoms with Gasteiger partial charge in [-0.25, -0.2) is 9.59 Å². The molecule has 3 amide bonds. The SMILES string of the molecule is O=CCCC(O)[NH+]([O-])C(=O)CCCC[C@@H]1SC[C@@H]2NC(=O)N[C@@H]21. The second kappa shape index (κ2) is 8.62. The highest BCUT2D eigenvalue weighted by molar-refractivity contribution is 8.00. The first-order valence-corrected chi connectivity index (χ1v) is 8.95. The average molecular weight is 345 g/mol. The number of thioether (sulfide) groups is 1. The minimum absolute atomic E-state index is 0.00253. The molecule has 2 fully saturated rings. The fraction of sp³-hybridized carbons (Fsp3) is 0.786. The van der Waals surface area contributed by atoms with Gasteiger partial charge in [0.1, 0.15) is 6.29 Å². The maximum absolute atomic E-state index is 11.7. The van der Waals surface area contributed by atoms with Crippen molar-refractivity contribution < 1.29 is 24.6 Å². The molecule has 8 nitrogen and oxygen atoms in total. The van der Waals surface area contributed by atoms with E-state index in [-0.39, 0.29) is 37.4 Å². The van der Waals surface area contributed by atoms with Crippen LogP contribution >= 0.6 is 11.8 Å². The van der Waals surface area contributed by atoms with Crippen LogP contribution in [-0.4, -0.2) is 52.6 Å². The molecule has 2 aliphatic heterocycles. The van der Waals surface area contributed by atoms with Gasteiger partial charge < -0.3 is 25.7 Å². The van der Waals surface area contributed by atoms with Crippen molar-refractivity contribution >= 4 is 30.0 Å². The number of aliphatic hydroxyl groups is 1. The van der Waals surface area contributed by atoms with Gasteiger partial charge >= 0.3 is 11.9 Å². The molecule has 9 heteroatoms. The smallest absolute Gasteiger partial charge is 0.315 e. The van der Waals surface area contributed by atoms with E-state index in [0.29, 0.717) is 18.0 Å². The van der Waals surface area contributed by atoms with E-state index in [0.717, 1.165) is 18.6 Å². The number of hydrogen-bond acceptors (Lipinski definition) is 6. The Labute approximate surface area is 138 Å². The van der Waals surface area contributed by atoms with Crippen molar-refractivity contribution in [1.82, 2.24) is 10.6 Å². The maximum Gasteiger partial charge on any atom is 0.315 e. The first-order valence-electron chi connectivity index (χ1n) is 7.90. The fourth-order valence-electron chi connectivity index (χ4n) is 2.94. The summed E-state index contributed by atoms with van der Waals surface area (Å²) in [6.45, 7) is 0. The van der Waals surface area contributed by atoms with Gasteiger partial charge in [0.05, 0.1) is 18.5 Å². The Balaban J connectivity index is 1.62. The lowest BCUT2D eigenvalue weighted by molar-refractivity contribution is -0.824. The highest BCUT2D eigenvalue weighted by Crippen LogP contribution is 2.33. The summed E-state index contributed by atoms with van der Waals surface area (Å²) in [7, 11) is 0. The quantitative estimate of drug-likeness (QED) is 0.139. The second-order valence-electron chi connectivity index (χ2n) is 5.91. The molecule has 0 radical (unpaired) electrons. The zero-order chi connectivity index (χ0) is 16.8. The van der Waals surface area contributed by atoms with Crippen LogP contribution < -0.4 is 15.7 Å². The molecule has 2 rings (SSSR count). The number of hydroxylamine groups is 2. The van der Waals surface area contributed by atoms with Crippen molar-refractivity contribution in [3.05, 3.63) is 5.21 Å². The molecule has 0 aromatic heterocycles.